The first-order valence-corrected chi connectivity index (χ1v) is 9.63. The lowest BCUT2D eigenvalue weighted by Gasteiger charge is -2.28. The molecule has 1 saturated carbocycles. The van der Waals surface area contributed by atoms with Gasteiger partial charge in [-0.1, -0.05) is 31.0 Å². The highest BCUT2D eigenvalue weighted by Crippen LogP contribution is 2.42. The molecule has 1 aliphatic rings. The van der Waals surface area contributed by atoms with E-state index < -0.39 is 5.41 Å². The van der Waals surface area contributed by atoms with Crippen molar-refractivity contribution in [3.05, 3.63) is 36.2 Å². The highest BCUT2D eigenvalue weighted by molar-refractivity contribution is 5.86. The van der Waals surface area contributed by atoms with E-state index in [1.807, 2.05) is 51.1 Å². The number of esters is 1. The van der Waals surface area contributed by atoms with Crippen molar-refractivity contribution in [2.45, 2.75) is 65.0 Å². The summed E-state index contributed by atoms with van der Waals surface area (Å²) >= 11 is 0. The van der Waals surface area contributed by atoms with Gasteiger partial charge in [0.1, 0.15) is 0 Å². The molecule has 28 heavy (non-hydrogen) atoms. The molecule has 1 aliphatic carbocycles. The highest BCUT2D eigenvalue weighted by atomic mass is 16.5. The van der Waals surface area contributed by atoms with E-state index in [2.05, 4.69) is 15.5 Å². The fourth-order valence-electron chi connectivity index (χ4n) is 3.56. The van der Waals surface area contributed by atoms with Gasteiger partial charge in [0.25, 0.3) is 5.89 Å². The largest absolute Gasteiger partial charge is 0.455 e. The lowest BCUT2D eigenvalue weighted by Crippen LogP contribution is -2.44. The lowest BCUT2D eigenvalue weighted by atomic mass is 9.82. The number of nitrogens with one attached hydrogen (secondary N) is 1. The molecule has 150 valence electrons. The molecule has 0 radical (unpaired) electrons. The molecule has 0 saturated heterocycles. The number of hydrogen-bond donors (Lipinski definition) is 1. The van der Waals surface area contributed by atoms with E-state index in [0.29, 0.717) is 18.7 Å². The first kappa shape index (κ1) is 20.0. The number of aromatic nitrogens is 2. The molecule has 7 heteroatoms. The Morgan fingerprint density at radius 3 is 2.46 bits per heavy atom. The van der Waals surface area contributed by atoms with Crippen LogP contribution in [-0.2, 0) is 20.9 Å². The molecule has 0 spiro atoms. The number of carbonyl (C=O) groups is 2. The Balaban J connectivity index is 1.62. The summed E-state index contributed by atoms with van der Waals surface area (Å²) < 4.78 is 11.1. The molecule has 1 heterocycles. The first-order chi connectivity index (χ1) is 13.3. The van der Waals surface area contributed by atoms with Crippen LogP contribution in [0.25, 0.3) is 11.5 Å². The Hall–Kier alpha value is -2.70. The number of carbonyl (C=O) groups excluding carboxylic acids is 2. The molecule has 0 unspecified atom stereocenters. The average molecular weight is 385 g/mol. The number of nitrogens with zero attached hydrogens (tertiary/aromatic N) is 2. The van der Waals surface area contributed by atoms with Crippen molar-refractivity contribution >= 4 is 11.9 Å². The van der Waals surface area contributed by atoms with E-state index in [-0.39, 0.29) is 36.3 Å². The Morgan fingerprint density at radius 2 is 1.82 bits per heavy atom. The van der Waals surface area contributed by atoms with Crippen molar-refractivity contribution in [2.24, 2.45) is 5.41 Å². The van der Waals surface area contributed by atoms with E-state index in [0.717, 1.165) is 18.4 Å². The summed E-state index contributed by atoms with van der Waals surface area (Å²) in [5, 5.41) is 10.9. The summed E-state index contributed by atoms with van der Waals surface area (Å²) in [5.41, 5.74) is -0.297. The van der Waals surface area contributed by atoms with Gasteiger partial charge in [0.05, 0.1) is 5.41 Å². The summed E-state index contributed by atoms with van der Waals surface area (Å²) in [6.45, 7) is 5.67. The van der Waals surface area contributed by atoms with Crippen LogP contribution >= 0.6 is 0 Å². The van der Waals surface area contributed by atoms with Crippen molar-refractivity contribution in [1.82, 2.24) is 15.5 Å². The van der Waals surface area contributed by atoms with E-state index in [1.54, 1.807) is 0 Å². The fraction of sp³-hybridized carbons (Fsp3) is 0.524. The zero-order valence-corrected chi connectivity index (χ0v) is 16.7. The van der Waals surface area contributed by atoms with Gasteiger partial charge < -0.3 is 14.5 Å². The van der Waals surface area contributed by atoms with Crippen molar-refractivity contribution in [3.63, 3.8) is 0 Å². The molecular formula is C21H27N3O4. The van der Waals surface area contributed by atoms with Crippen molar-refractivity contribution in [3.8, 4) is 11.5 Å². The normalized spacial score (nSPS) is 16.0. The molecule has 1 amide bonds. The van der Waals surface area contributed by atoms with Gasteiger partial charge in [-0.25, -0.2) is 0 Å². The van der Waals surface area contributed by atoms with Crippen LogP contribution in [0.3, 0.4) is 0 Å². The quantitative estimate of drug-likeness (QED) is 0.763. The Labute approximate surface area is 164 Å². The maximum absolute atomic E-state index is 12.8. The standard InChI is InChI=1S/C21H27N3O4/c1-20(2,3)22-16(25)13-21(11-7-8-12-21)19(26)27-14-17-23-24-18(28-17)15-9-5-4-6-10-15/h4-6,9-10H,7-8,11-14H2,1-3H3,(H,22,25). The van der Waals surface area contributed by atoms with Crippen LogP contribution in [0.15, 0.2) is 34.7 Å². The zero-order valence-electron chi connectivity index (χ0n) is 16.7. The maximum atomic E-state index is 12.8. The fourth-order valence-corrected chi connectivity index (χ4v) is 3.56. The molecule has 1 N–H and O–H groups in total. The van der Waals surface area contributed by atoms with Gasteiger partial charge in [-0.3, -0.25) is 9.59 Å². The molecule has 1 fully saturated rings. The van der Waals surface area contributed by atoms with E-state index in [1.165, 1.54) is 0 Å². The van der Waals surface area contributed by atoms with E-state index in [4.69, 9.17) is 9.15 Å². The Bertz CT molecular complexity index is 818. The van der Waals surface area contributed by atoms with Crippen LogP contribution < -0.4 is 5.32 Å². The first-order valence-electron chi connectivity index (χ1n) is 9.63. The van der Waals surface area contributed by atoms with Crippen LogP contribution in [0.5, 0.6) is 0 Å². The van der Waals surface area contributed by atoms with Crippen LogP contribution in [0.4, 0.5) is 0 Å². The highest BCUT2D eigenvalue weighted by Gasteiger charge is 2.44. The third-order valence-electron chi connectivity index (χ3n) is 4.82. The zero-order chi connectivity index (χ0) is 20.2. The van der Waals surface area contributed by atoms with Gasteiger partial charge in [0.2, 0.25) is 11.8 Å². The minimum absolute atomic E-state index is 0.0959. The molecular weight excluding hydrogens is 358 g/mol. The minimum Gasteiger partial charge on any atom is -0.455 e. The predicted molar refractivity (Wildman–Crippen MR) is 103 cm³/mol. The number of ether oxygens (including phenoxy) is 1. The van der Waals surface area contributed by atoms with E-state index in [9.17, 15) is 9.59 Å². The molecule has 2 aromatic rings. The Kier molecular flexibility index (Phi) is 5.82. The monoisotopic (exact) mass is 385 g/mol. The second-order valence-corrected chi connectivity index (χ2v) is 8.41. The molecule has 0 aliphatic heterocycles. The number of benzene rings is 1. The third-order valence-corrected chi connectivity index (χ3v) is 4.82. The van der Waals surface area contributed by atoms with Crippen molar-refractivity contribution in [1.29, 1.82) is 0 Å². The second kappa shape index (κ2) is 8.12. The molecule has 3 rings (SSSR count). The molecule has 0 atom stereocenters. The van der Waals surface area contributed by atoms with Gasteiger partial charge in [-0.05, 0) is 45.7 Å². The lowest BCUT2D eigenvalue weighted by molar-refractivity contribution is -0.160. The van der Waals surface area contributed by atoms with Gasteiger partial charge in [-0.15, -0.1) is 10.2 Å². The number of rotatable bonds is 6. The van der Waals surface area contributed by atoms with Crippen LogP contribution in [0, 0.1) is 5.41 Å². The summed E-state index contributed by atoms with van der Waals surface area (Å²) in [6.07, 6.45) is 3.28. The molecule has 1 aromatic heterocycles. The SMILES string of the molecule is CC(C)(C)NC(=O)CC1(C(=O)OCc2nnc(-c3ccccc3)o2)CCCC1. The molecule has 7 nitrogen and oxygen atoms in total. The summed E-state index contributed by atoms with van der Waals surface area (Å²) in [7, 11) is 0. The number of amides is 1. The van der Waals surface area contributed by atoms with Crippen molar-refractivity contribution in [2.75, 3.05) is 0 Å². The van der Waals surface area contributed by atoms with Gasteiger partial charge >= 0.3 is 5.97 Å². The van der Waals surface area contributed by atoms with Gasteiger partial charge in [0.15, 0.2) is 6.61 Å². The molecule has 1 aromatic carbocycles. The molecule has 0 bridgehead atoms. The second-order valence-electron chi connectivity index (χ2n) is 8.41. The van der Waals surface area contributed by atoms with Gasteiger partial charge in [-0.2, -0.15) is 0 Å². The van der Waals surface area contributed by atoms with Crippen LogP contribution in [0.1, 0.15) is 58.8 Å². The number of hydrogen-bond acceptors (Lipinski definition) is 6. The summed E-state index contributed by atoms with van der Waals surface area (Å²) in [6, 6.07) is 9.40. The van der Waals surface area contributed by atoms with Crippen LogP contribution in [0.2, 0.25) is 0 Å². The van der Waals surface area contributed by atoms with E-state index >= 15 is 0 Å². The van der Waals surface area contributed by atoms with Crippen molar-refractivity contribution < 1.29 is 18.7 Å². The minimum atomic E-state index is -0.766. The third kappa shape index (κ3) is 4.97. The van der Waals surface area contributed by atoms with Crippen LogP contribution in [-0.4, -0.2) is 27.6 Å². The topological polar surface area (TPSA) is 94.3 Å². The maximum Gasteiger partial charge on any atom is 0.313 e. The Morgan fingerprint density at radius 1 is 1.14 bits per heavy atom. The summed E-state index contributed by atoms with van der Waals surface area (Å²) in [5.74, 6) is 0.121. The smallest absolute Gasteiger partial charge is 0.313 e. The predicted octanol–water partition coefficient (Wildman–Crippen LogP) is 3.65. The average Bonchev–Trinajstić information content (AvgIpc) is 3.29. The van der Waals surface area contributed by atoms with Gasteiger partial charge in [0, 0.05) is 17.5 Å². The summed E-state index contributed by atoms with van der Waals surface area (Å²) in [4.78, 5) is 25.2.